The van der Waals surface area contributed by atoms with Crippen LogP contribution in [0.1, 0.15) is 6.42 Å². The summed E-state index contributed by atoms with van der Waals surface area (Å²) in [5.74, 6) is 0. The van der Waals surface area contributed by atoms with Crippen LogP contribution in [-0.4, -0.2) is 27.1 Å². The second-order valence-electron chi connectivity index (χ2n) is 2.97. The van der Waals surface area contributed by atoms with Crippen LogP contribution in [0.15, 0.2) is 23.9 Å². The van der Waals surface area contributed by atoms with Crippen molar-refractivity contribution >= 4 is 0 Å². The van der Waals surface area contributed by atoms with Gasteiger partial charge in [-0.2, -0.15) is 0 Å². The highest BCUT2D eigenvalue weighted by atomic mass is 16.6. The number of rotatable bonds is 3. The van der Waals surface area contributed by atoms with Crippen molar-refractivity contribution in [1.82, 2.24) is 0 Å². The number of nitro groups is 2. The lowest BCUT2D eigenvalue weighted by molar-refractivity contribution is -0.565. The van der Waals surface area contributed by atoms with Crippen LogP contribution in [0.5, 0.6) is 0 Å². The predicted octanol–water partition coefficient (Wildman–Crippen LogP) is 0.115. The van der Waals surface area contributed by atoms with E-state index in [9.17, 15) is 20.2 Å². The van der Waals surface area contributed by atoms with Gasteiger partial charge in [-0.25, -0.2) is 0 Å². The molecule has 1 rings (SSSR count). The summed E-state index contributed by atoms with van der Waals surface area (Å²) in [4.78, 5) is 19.6. The summed E-state index contributed by atoms with van der Waals surface area (Å²) in [6, 6.07) is 0. The Morgan fingerprint density at radius 3 is 2.57 bits per heavy atom. The van der Waals surface area contributed by atoms with Crippen LogP contribution in [0.2, 0.25) is 0 Å². The van der Waals surface area contributed by atoms with Crippen LogP contribution in [0.25, 0.3) is 0 Å². The summed E-state index contributed by atoms with van der Waals surface area (Å²) >= 11 is 0. The number of hydrogen-bond donors (Lipinski definition) is 1. The second kappa shape index (κ2) is 3.54. The molecule has 0 radical (unpaired) electrons. The molecular formula is C7H8N2O5. The van der Waals surface area contributed by atoms with Crippen LogP contribution in [0.4, 0.5) is 0 Å². The van der Waals surface area contributed by atoms with Gasteiger partial charge in [0, 0.05) is 11.0 Å². The van der Waals surface area contributed by atoms with E-state index >= 15 is 0 Å². The van der Waals surface area contributed by atoms with E-state index in [4.69, 9.17) is 5.11 Å². The molecule has 0 bridgehead atoms. The average Bonchev–Trinajstić information content (AvgIpc) is 2.17. The molecule has 1 unspecified atom stereocenters. The van der Waals surface area contributed by atoms with Crippen LogP contribution < -0.4 is 0 Å². The zero-order valence-electron chi connectivity index (χ0n) is 7.12. The normalized spacial score (nSPS) is 25.6. The van der Waals surface area contributed by atoms with Crippen LogP contribution >= 0.6 is 0 Å². The van der Waals surface area contributed by atoms with Crippen LogP contribution in [0, 0.1) is 20.2 Å². The average molecular weight is 200 g/mol. The fourth-order valence-corrected chi connectivity index (χ4v) is 1.19. The largest absolute Gasteiger partial charge is 0.388 e. The van der Waals surface area contributed by atoms with E-state index in [0.717, 1.165) is 0 Å². The lowest BCUT2D eigenvalue weighted by Crippen LogP contribution is -2.42. The lowest BCUT2D eigenvalue weighted by Gasteiger charge is -2.19. The Balaban J connectivity index is 2.98. The molecule has 0 aromatic carbocycles. The van der Waals surface area contributed by atoms with E-state index in [-0.39, 0.29) is 12.1 Å². The first-order chi connectivity index (χ1) is 6.52. The fourth-order valence-electron chi connectivity index (χ4n) is 1.19. The van der Waals surface area contributed by atoms with Crippen LogP contribution in [-0.2, 0) is 0 Å². The van der Waals surface area contributed by atoms with Crippen LogP contribution in [0.3, 0.4) is 0 Å². The molecule has 76 valence electrons. The first-order valence-corrected chi connectivity index (χ1v) is 3.80. The number of aliphatic hydroxyl groups is 1. The Labute approximate surface area is 78.6 Å². The lowest BCUT2D eigenvalue weighted by atomic mass is 9.91. The first-order valence-electron chi connectivity index (χ1n) is 3.80. The zero-order valence-corrected chi connectivity index (χ0v) is 7.12. The molecule has 1 atom stereocenters. The second-order valence-corrected chi connectivity index (χ2v) is 2.97. The maximum atomic E-state index is 10.6. The smallest absolute Gasteiger partial charge is 0.273 e. The number of hydrogen-bond acceptors (Lipinski definition) is 5. The fraction of sp³-hybridized carbons (Fsp3) is 0.429. The van der Waals surface area contributed by atoms with E-state index in [0.29, 0.717) is 0 Å². The van der Waals surface area contributed by atoms with Gasteiger partial charge in [-0.1, -0.05) is 6.08 Å². The van der Waals surface area contributed by atoms with Crippen molar-refractivity contribution < 1.29 is 15.0 Å². The Morgan fingerprint density at radius 2 is 2.14 bits per heavy atom. The number of nitrogens with zero attached hydrogens (tertiary/aromatic N) is 2. The number of aliphatic hydroxyl groups excluding tert-OH is 1. The highest BCUT2D eigenvalue weighted by Gasteiger charge is 2.45. The van der Waals surface area contributed by atoms with Gasteiger partial charge in [0.15, 0.2) is 0 Å². The third kappa shape index (κ3) is 1.62. The van der Waals surface area contributed by atoms with Crippen molar-refractivity contribution in [2.75, 3.05) is 6.61 Å². The van der Waals surface area contributed by atoms with Crippen molar-refractivity contribution in [3.05, 3.63) is 44.2 Å². The molecule has 0 aromatic rings. The van der Waals surface area contributed by atoms with Crippen molar-refractivity contribution in [3.8, 4) is 0 Å². The summed E-state index contributed by atoms with van der Waals surface area (Å²) in [6.07, 6.45) is 3.19. The molecule has 0 saturated heterocycles. The molecule has 7 nitrogen and oxygen atoms in total. The molecule has 0 aromatic heterocycles. The third-order valence-corrected chi connectivity index (χ3v) is 2.05. The summed E-state index contributed by atoms with van der Waals surface area (Å²) in [6.45, 7) is -0.748. The summed E-state index contributed by atoms with van der Waals surface area (Å²) < 4.78 is 0. The quantitative estimate of drug-likeness (QED) is 0.514. The Bertz CT molecular complexity index is 335. The van der Waals surface area contributed by atoms with E-state index in [1.807, 2.05) is 0 Å². The van der Waals surface area contributed by atoms with E-state index in [2.05, 4.69) is 0 Å². The van der Waals surface area contributed by atoms with Gasteiger partial charge >= 0.3 is 0 Å². The Hall–Kier alpha value is -1.76. The molecule has 0 heterocycles. The molecule has 0 saturated carbocycles. The van der Waals surface area contributed by atoms with Gasteiger partial charge in [0.25, 0.3) is 11.2 Å². The minimum atomic E-state index is -1.74. The van der Waals surface area contributed by atoms with Crippen molar-refractivity contribution in [1.29, 1.82) is 0 Å². The molecular weight excluding hydrogens is 192 g/mol. The van der Waals surface area contributed by atoms with Gasteiger partial charge < -0.3 is 5.11 Å². The van der Waals surface area contributed by atoms with Gasteiger partial charge in [0.05, 0.1) is 4.92 Å². The predicted molar refractivity (Wildman–Crippen MR) is 45.6 cm³/mol. The monoisotopic (exact) mass is 200 g/mol. The third-order valence-electron chi connectivity index (χ3n) is 2.05. The Morgan fingerprint density at radius 1 is 1.50 bits per heavy atom. The highest BCUT2D eigenvalue weighted by Crippen LogP contribution is 2.25. The summed E-state index contributed by atoms with van der Waals surface area (Å²) in [7, 11) is 0. The van der Waals surface area contributed by atoms with E-state index < -0.39 is 22.0 Å². The summed E-state index contributed by atoms with van der Waals surface area (Å²) in [5, 5.41) is 29.9. The topological polar surface area (TPSA) is 107 Å². The maximum Gasteiger partial charge on any atom is 0.273 e. The molecule has 0 amide bonds. The van der Waals surface area contributed by atoms with Crippen molar-refractivity contribution in [2.24, 2.45) is 0 Å². The van der Waals surface area contributed by atoms with Crippen molar-refractivity contribution in [2.45, 2.75) is 12.0 Å². The molecule has 0 fully saturated rings. The zero-order chi connectivity index (χ0) is 10.8. The van der Waals surface area contributed by atoms with E-state index in [1.54, 1.807) is 0 Å². The molecule has 1 N–H and O–H groups in total. The van der Waals surface area contributed by atoms with Crippen molar-refractivity contribution in [3.63, 3.8) is 0 Å². The van der Waals surface area contributed by atoms with E-state index in [1.165, 1.54) is 18.2 Å². The summed E-state index contributed by atoms with van der Waals surface area (Å²) in [5.41, 5.74) is -2.00. The van der Waals surface area contributed by atoms with Gasteiger partial charge in [-0.3, -0.25) is 20.2 Å². The standard InChI is InChI=1S/C7H8N2O5/c10-5-7(9(13)14)3-1-2-6(4-7)8(11)12/h1-3,10H,4-5H2. The molecule has 0 aliphatic heterocycles. The molecule has 1 aliphatic carbocycles. The van der Waals surface area contributed by atoms with Gasteiger partial charge in [-0.15, -0.1) is 0 Å². The molecule has 14 heavy (non-hydrogen) atoms. The minimum absolute atomic E-state index is 0.266. The SMILES string of the molecule is O=[N+]([O-])C1=CC=CC(CO)([N+](=O)[O-])C1. The molecule has 7 heteroatoms. The minimum Gasteiger partial charge on any atom is -0.388 e. The first kappa shape index (κ1) is 10.3. The highest BCUT2D eigenvalue weighted by molar-refractivity contribution is 5.21. The number of allylic oxidation sites excluding steroid dienone is 2. The molecule has 0 spiro atoms. The maximum absolute atomic E-state index is 10.6. The van der Waals surface area contributed by atoms with Gasteiger partial charge in [0.1, 0.15) is 13.0 Å². The van der Waals surface area contributed by atoms with Gasteiger partial charge in [-0.05, 0) is 6.08 Å². The molecule has 1 aliphatic rings. The Kier molecular flexibility index (Phi) is 2.61. The van der Waals surface area contributed by atoms with Gasteiger partial charge in [0.2, 0.25) is 0 Å².